The molecular formula is C32H56K2N2O10. The van der Waals surface area contributed by atoms with Crippen molar-refractivity contribution >= 4 is 35.8 Å². The Labute approximate surface area is 360 Å². The zero-order chi connectivity index (χ0) is 33.6. The standard InChI is InChI=1S/2C16H29NO5.2K/c2*1-2-3-4-5-6-7-8-9-10-11-15(20)22-16(21)13(17)12-14(18)19;;/h2*13H,2-12,17H2,1H3,(H,18,19);;/q;;2*+1/p-2. The molecule has 0 saturated carbocycles. The number of hydrogen-bond donors (Lipinski definition) is 2. The van der Waals surface area contributed by atoms with Gasteiger partial charge in [-0.2, -0.15) is 0 Å². The van der Waals surface area contributed by atoms with Crippen LogP contribution in [0.5, 0.6) is 0 Å². The molecule has 0 heterocycles. The molecule has 0 aromatic rings. The van der Waals surface area contributed by atoms with Crippen LogP contribution in [-0.2, 0) is 38.2 Å². The molecule has 12 nitrogen and oxygen atoms in total. The van der Waals surface area contributed by atoms with E-state index in [1.807, 2.05) is 0 Å². The van der Waals surface area contributed by atoms with Crippen molar-refractivity contribution in [3.8, 4) is 0 Å². The van der Waals surface area contributed by atoms with Crippen molar-refractivity contribution in [1.29, 1.82) is 0 Å². The van der Waals surface area contributed by atoms with Crippen LogP contribution in [0.15, 0.2) is 0 Å². The van der Waals surface area contributed by atoms with Gasteiger partial charge in [-0.3, -0.25) is 9.59 Å². The molecule has 0 fully saturated rings. The maximum absolute atomic E-state index is 11.4. The summed E-state index contributed by atoms with van der Waals surface area (Å²) in [6.45, 7) is 4.38. The van der Waals surface area contributed by atoms with E-state index in [-0.39, 0.29) is 116 Å². The van der Waals surface area contributed by atoms with Crippen molar-refractivity contribution < 1.29 is 151 Å². The van der Waals surface area contributed by atoms with Gasteiger partial charge >= 0.3 is 127 Å². The molecule has 256 valence electrons. The van der Waals surface area contributed by atoms with Gasteiger partial charge in [-0.1, -0.05) is 117 Å². The van der Waals surface area contributed by atoms with E-state index < -0.39 is 60.7 Å². The SMILES string of the molecule is CCCCCCCCCCCC(=O)OC(=O)C(N)CC(=O)[O-].CCCCCCCCCCCC(=O)OC(=O)C(N)CC(=O)[O-].[K+].[K+]. The number of carbonyl (C=O) groups excluding carboxylic acids is 6. The molecular weight excluding hydrogens is 651 g/mol. The molecule has 0 saturated heterocycles. The summed E-state index contributed by atoms with van der Waals surface area (Å²) in [7, 11) is 0. The Morgan fingerprint density at radius 2 is 0.717 bits per heavy atom. The first-order chi connectivity index (χ1) is 20.9. The van der Waals surface area contributed by atoms with Crippen molar-refractivity contribution in [2.24, 2.45) is 11.5 Å². The molecule has 2 atom stereocenters. The Hall–Kier alpha value is 0.413. The quantitative estimate of drug-likeness (QED) is 0.0396. The Morgan fingerprint density at radius 1 is 0.478 bits per heavy atom. The van der Waals surface area contributed by atoms with Gasteiger partial charge in [0.05, 0.1) is 0 Å². The van der Waals surface area contributed by atoms with Crippen LogP contribution in [0, 0.1) is 0 Å². The number of rotatable bonds is 26. The minimum atomic E-state index is -1.45. The van der Waals surface area contributed by atoms with Crippen LogP contribution < -0.4 is 124 Å². The Balaban J connectivity index is -0.000000367. The number of carboxylic acid groups (broad SMARTS) is 2. The fourth-order valence-corrected chi connectivity index (χ4v) is 4.16. The topological polar surface area (TPSA) is 219 Å². The number of esters is 4. The Bertz CT molecular complexity index is 765. The predicted octanol–water partition coefficient (Wildman–Crippen LogP) is -3.10. The number of carbonyl (C=O) groups is 6. The number of carboxylic acids is 2. The van der Waals surface area contributed by atoms with Gasteiger partial charge in [-0.15, -0.1) is 0 Å². The number of hydrogen-bond acceptors (Lipinski definition) is 12. The second-order valence-corrected chi connectivity index (χ2v) is 11.1. The maximum Gasteiger partial charge on any atom is 1.00 e. The first-order valence-corrected chi connectivity index (χ1v) is 16.3. The van der Waals surface area contributed by atoms with Crippen LogP contribution in [-0.4, -0.2) is 47.9 Å². The summed E-state index contributed by atoms with van der Waals surface area (Å²) in [5.74, 6) is -6.22. The fraction of sp³-hybridized carbons (Fsp3) is 0.812. The maximum atomic E-state index is 11.4. The molecule has 2 unspecified atom stereocenters. The van der Waals surface area contributed by atoms with Crippen LogP contribution in [0.2, 0.25) is 0 Å². The molecule has 0 aliphatic heterocycles. The molecule has 0 aliphatic rings. The molecule has 0 amide bonds. The predicted molar refractivity (Wildman–Crippen MR) is 161 cm³/mol. The zero-order valence-corrected chi connectivity index (χ0v) is 35.2. The molecule has 0 rings (SSSR count). The van der Waals surface area contributed by atoms with Crippen LogP contribution in [0.25, 0.3) is 0 Å². The Morgan fingerprint density at radius 3 is 0.957 bits per heavy atom. The van der Waals surface area contributed by atoms with E-state index in [1.54, 1.807) is 0 Å². The third-order valence-electron chi connectivity index (χ3n) is 6.78. The third-order valence-corrected chi connectivity index (χ3v) is 6.78. The summed E-state index contributed by atoms with van der Waals surface area (Å²) in [5.41, 5.74) is 10.5. The summed E-state index contributed by atoms with van der Waals surface area (Å²) >= 11 is 0. The van der Waals surface area contributed by atoms with E-state index >= 15 is 0 Å². The van der Waals surface area contributed by atoms with Crippen molar-refractivity contribution in [2.75, 3.05) is 0 Å². The van der Waals surface area contributed by atoms with Crippen LogP contribution in [0.3, 0.4) is 0 Å². The molecule has 4 N–H and O–H groups in total. The number of unbranched alkanes of at least 4 members (excludes halogenated alkanes) is 16. The van der Waals surface area contributed by atoms with Gasteiger partial charge in [0, 0.05) is 37.6 Å². The van der Waals surface area contributed by atoms with Crippen molar-refractivity contribution in [3.05, 3.63) is 0 Å². The molecule has 0 radical (unpaired) electrons. The summed E-state index contributed by atoms with van der Waals surface area (Å²) < 4.78 is 8.98. The second-order valence-electron chi connectivity index (χ2n) is 11.1. The van der Waals surface area contributed by atoms with E-state index in [2.05, 4.69) is 23.3 Å². The first-order valence-electron chi connectivity index (χ1n) is 16.3. The normalized spacial score (nSPS) is 11.4. The van der Waals surface area contributed by atoms with Gasteiger partial charge in [0.1, 0.15) is 12.1 Å². The summed E-state index contributed by atoms with van der Waals surface area (Å²) in [6.07, 6.45) is 19.3. The van der Waals surface area contributed by atoms with Gasteiger partial charge in [0.2, 0.25) is 0 Å². The minimum Gasteiger partial charge on any atom is -0.550 e. The van der Waals surface area contributed by atoms with E-state index in [4.69, 9.17) is 11.5 Å². The smallest absolute Gasteiger partial charge is 0.550 e. The van der Waals surface area contributed by atoms with Crippen molar-refractivity contribution in [1.82, 2.24) is 0 Å². The first kappa shape index (κ1) is 53.2. The molecule has 0 aliphatic carbocycles. The fourth-order valence-electron chi connectivity index (χ4n) is 4.16. The van der Waals surface area contributed by atoms with E-state index in [9.17, 15) is 39.0 Å². The van der Waals surface area contributed by atoms with Crippen molar-refractivity contribution in [2.45, 2.75) is 167 Å². The largest absolute Gasteiger partial charge is 1.00 e. The average Bonchev–Trinajstić information content (AvgIpc) is 2.95. The molecule has 46 heavy (non-hydrogen) atoms. The van der Waals surface area contributed by atoms with Gasteiger partial charge in [-0.25, -0.2) is 9.59 Å². The zero-order valence-electron chi connectivity index (χ0n) is 28.9. The van der Waals surface area contributed by atoms with Gasteiger partial charge in [-0.05, 0) is 12.8 Å². The monoisotopic (exact) mass is 706 g/mol. The molecule has 0 spiro atoms. The van der Waals surface area contributed by atoms with Crippen molar-refractivity contribution in [3.63, 3.8) is 0 Å². The van der Waals surface area contributed by atoms with Gasteiger partial charge in [0.15, 0.2) is 0 Å². The number of nitrogens with two attached hydrogens (primary N) is 2. The summed E-state index contributed by atoms with van der Waals surface area (Å²) in [6, 6.07) is -2.70. The molecule has 14 heteroatoms. The molecule has 0 bridgehead atoms. The van der Waals surface area contributed by atoms with Crippen LogP contribution in [0.4, 0.5) is 0 Å². The Kier molecular flexibility index (Phi) is 44.2. The summed E-state index contributed by atoms with van der Waals surface area (Å²) in [4.78, 5) is 65.9. The van der Waals surface area contributed by atoms with E-state index in [1.165, 1.54) is 64.2 Å². The second kappa shape index (κ2) is 38.2. The van der Waals surface area contributed by atoms with E-state index in [0.717, 1.165) is 38.5 Å². The van der Waals surface area contributed by atoms with Gasteiger partial charge in [0.25, 0.3) is 0 Å². The number of ether oxygens (including phenoxy) is 2. The average molecular weight is 707 g/mol. The number of aliphatic carboxylic acids is 2. The third kappa shape index (κ3) is 38.9. The van der Waals surface area contributed by atoms with Gasteiger partial charge < -0.3 is 40.7 Å². The minimum absolute atomic E-state index is 0. The molecule has 0 aromatic carbocycles. The molecule has 0 aromatic heterocycles. The summed E-state index contributed by atoms with van der Waals surface area (Å²) in [5, 5.41) is 20.5. The van der Waals surface area contributed by atoms with Crippen LogP contribution >= 0.6 is 0 Å². The van der Waals surface area contributed by atoms with Crippen LogP contribution in [0.1, 0.15) is 155 Å². The van der Waals surface area contributed by atoms with E-state index in [0.29, 0.717) is 12.8 Å².